The van der Waals surface area contributed by atoms with Crippen LogP contribution in [0.15, 0.2) is 70.9 Å². The highest BCUT2D eigenvalue weighted by Gasteiger charge is 2.32. The fourth-order valence-corrected chi connectivity index (χ4v) is 7.82. The van der Waals surface area contributed by atoms with Crippen LogP contribution in [-0.4, -0.2) is 88.0 Å². The minimum atomic E-state index is -0.146. The summed E-state index contributed by atoms with van der Waals surface area (Å²) in [5.74, 6) is 1.17. The number of pyridine rings is 3. The lowest BCUT2D eigenvalue weighted by Gasteiger charge is -2.43. The summed E-state index contributed by atoms with van der Waals surface area (Å²) in [4.78, 5) is 43.7. The second-order valence-electron chi connectivity index (χ2n) is 14.6. The predicted molar refractivity (Wildman–Crippen MR) is 194 cm³/mol. The van der Waals surface area contributed by atoms with Crippen molar-refractivity contribution in [2.45, 2.75) is 39.3 Å². The van der Waals surface area contributed by atoms with Crippen molar-refractivity contribution in [1.82, 2.24) is 28.4 Å². The zero-order chi connectivity index (χ0) is 34.7. The summed E-state index contributed by atoms with van der Waals surface area (Å²) in [6.45, 7) is 10.3. The summed E-state index contributed by atoms with van der Waals surface area (Å²) in [5, 5.41) is 0. The number of hydrogen-bond donors (Lipinski definition) is 0. The molecule has 0 bridgehead atoms. The third kappa shape index (κ3) is 5.61. The van der Waals surface area contributed by atoms with Gasteiger partial charge in [0.2, 0.25) is 0 Å². The summed E-state index contributed by atoms with van der Waals surface area (Å²) < 4.78 is 16.3. The first-order chi connectivity index (χ1) is 24.1. The fourth-order valence-electron chi connectivity index (χ4n) is 7.82. The van der Waals surface area contributed by atoms with E-state index in [1.807, 2.05) is 59.2 Å². The van der Waals surface area contributed by atoms with E-state index in [2.05, 4.69) is 29.7 Å². The van der Waals surface area contributed by atoms with Gasteiger partial charge in [-0.3, -0.25) is 19.1 Å². The number of piperazine rings is 1. The monoisotopic (exact) mass is 676 g/mol. The molecule has 50 heavy (non-hydrogen) atoms. The highest BCUT2D eigenvalue weighted by atomic mass is 16.5. The largest absolute Gasteiger partial charge is 0.380 e. The zero-order valence-electron chi connectivity index (χ0n) is 29.4. The molecule has 3 aliphatic rings. The van der Waals surface area contributed by atoms with Crippen LogP contribution in [0, 0.1) is 5.41 Å². The van der Waals surface area contributed by atoms with Crippen LogP contribution >= 0.6 is 0 Å². The average molecular weight is 677 g/mol. The number of hydrogen-bond acceptors (Lipinski definition) is 9. The van der Waals surface area contributed by atoms with E-state index in [1.165, 1.54) is 11.3 Å². The molecule has 0 atom stereocenters. The molecule has 5 aromatic rings. The van der Waals surface area contributed by atoms with Crippen LogP contribution in [0.3, 0.4) is 0 Å². The molecule has 8 rings (SSSR count). The highest BCUT2D eigenvalue weighted by Crippen LogP contribution is 2.37. The molecule has 7 heterocycles. The average Bonchev–Trinajstić information content (AvgIpc) is 3.58. The first kappa shape index (κ1) is 32.4. The molecule has 5 aromatic heterocycles. The number of methoxy groups -OCH3 is 1. The second kappa shape index (κ2) is 12.5. The number of aryl methyl sites for hydroxylation is 1. The summed E-state index contributed by atoms with van der Waals surface area (Å²) in [6.07, 6.45) is 11.0. The van der Waals surface area contributed by atoms with E-state index in [4.69, 9.17) is 19.4 Å². The lowest BCUT2D eigenvalue weighted by atomic mass is 9.90. The van der Waals surface area contributed by atoms with Gasteiger partial charge in [-0.05, 0) is 59.7 Å². The lowest BCUT2D eigenvalue weighted by Crippen LogP contribution is -2.56. The van der Waals surface area contributed by atoms with Crippen LogP contribution in [0.2, 0.25) is 0 Å². The summed E-state index contributed by atoms with van der Waals surface area (Å²) >= 11 is 0. The molecule has 0 spiro atoms. The first-order valence-corrected chi connectivity index (χ1v) is 17.3. The van der Waals surface area contributed by atoms with Gasteiger partial charge in [0.15, 0.2) is 0 Å². The highest BCUT2D eigenvalue weighted by molar-refractivity contribution is 5.74. The van der Waals surface area contributed by atoms with E-state index in [-0.39, 0.29) is 23.1 Å². The smallest absolute Gasteiger partial charge is 0.280 e. The summed E-state index contributed by atoms with van der Waals surface area (Å²) in [7, 11) is 5.24. The van der Waals surface area contributed by atoms with Crippen LogP contribution < -0.4 is 20.9 Å². The molecule has 2 aliphatic heterocycles. The Morgan fingerprint density at radius 2 is 1.80 bits per heavy atom. The normalized spacial score (nSPS) is 17.7. The fraction of sp³-hybridized carbons (Fsp3) is 0.421. The van der Waals surface area contributed by atoms with E-state index in [1.54, 1.807) is 35.7 Å². The van der Waals surface area contributed by atoms with Gasteiger partial charge in [-0.1, -0.05) is 13.8 Å². The maximum absolute atomic E-state index is 14.0. The van der Waals surface area contributed by atoms with Crippen LogP contribution in [0.5, 0.6) is 0 Å². The van der Waals surface area contributed by atoms with E-state index >= 15 is 0 Å². The van der Waals surface area contributed by atoms with E-state index in [9.17, 15) is 9.59 Å². The van der Waals surface area contributed by atoms with Crippen molar-refractivity contribution in [3.63, 3.8) is 0 Å². The van der Waals surface area contributed by atoms with Crippen LogP contribution in [-0.2, 0) is 36.0 Å². The van der Waals surface area contributed by atoms with Crippen molar-refractivity contribution in [1.29, 1.82) is 0 Å². The number of rotatable bonds is 8. The minimum Gasteiger partial charge on any atom is -0.380 e. The van der Waals surface area contributed by atoms with Gasteiger partial charge in [0.1, 0.15) is 22.8 Å². The van der Waals surface area contributed by atoms with Crippen molar-refractivity contribution in [2.24, 2.45) is 12.5 Å². The number of fused-ring (bicyclic) bond motifs is 3. The van der Waals surface area contributed by atoms with Crippen LogP contribution in [0.1, 0.15) is 30.7 Å². The quantitative estimate of drug-likeness (QED) is 0.243. The number of anilines is 3. The third-order valence-corrected chi connectivity index (χ3v) is 10.6. The first-order valence-electron chi connectivity index (χ1n) is 17.3. The molecular formula is C38H44N8O4. The Bertz CT molecular complexity index is 2190. The minimum absolute atomic E-state index is 0.132. The maximum Gasteiger partial charge on any atom is 0.280 e. The Morgan fingerprint density at radius 1 is 1.00 bits per heavy atom. The Balaban J connectivity index is 1.11. The van der Waals surface area contributed by atoms with E-state index < -0.39 is 0 Å². The number of aromatic nitrogens is 5. The predicted octanol–water partition coefficient (Wildman–Crippen LogP) is 3.81. The molecule has 2 saturated heterocycles. The topological polar surface area (TPSA) is 102 Å². The summed E-state index contributed by atoms with van der Waals surface area (Å²) in [6, 6.07) is 10.4. The Kier molecular flexibility index (Phi) is 8.12. The van der Waals surface area contributed by atoms with Crippen LogP contribution in [0.4, 0.5) is 17.2 Å². The standard InChI is InChI=1S/C38H44N8O4/c1-38(2)18-25-16-32-37(48)46(15-14-45(32)33(25)19-38)35-30(24-49-5)29(8-9-39-35)26-17-31(36(47)41(3)21-26)42(4)34-7-6-27(20-40-34)43-10-12-44(13-11-43)28-22-50-23-28/h6-9,14-17,20-21,28H,10-13,18-19,22-24H2,1-5H3. The Hall–Kier alpha value is -4.78. The zero-order valence-corrected chi connectivity index (χ0v) is 29.4. The molecule has 12 nitrogen and oxygen atoms in total. The lowest BCUT2D eigenvalue weighted by molar-refractivity contribution is -0.0660. The molecular weight excluding hydrogens is 632 g/mol. The van der Waals surface area contributed by atoms with Crippen molar-refractivity contribution in [3.05, 3.63) is 98.8 Å². The van der Waals surface area contributed by atoms with Gasteiger partial charge in [-0.25, -0.2) is 9.97 Å². The second-order valence-corrected chi connectivity index (χ2v) is 14.6. The van der Waals surface area contributed by atoms with Crippen molar-refractivity contribution >= 4 is 22.7 Å². The third-order valence-electron chi connectivity index (χ3n) is 10.6. The van der Waals surface area contributed by atoms with Gasteiger partial charge in [0.05, 0.1) is 37.7 Å². The molecule has 2 fully saturated rings. The van der Waals surface area contributed by atoms with E-state index in [0.29, 0.717) is 28.9 Å². The molecule has 12 heteroatoms. The summed E-state index contributed by atoms with van der Waals surface area (Å²) in [5.41, 5.74) is 6.91. The van der Waals surface area contributed by atoms with Gasteiger partial charge >= 0.3 is 0 Å². The van der Waals surface area contributed by atoms with Crippen molar-refractivity contribution in [2.75, 3.05) is 63.4 Å². The van der Waals surface area contributed by atoms with Crippen molar-refractivity contribution in [3.8, 4) is 16.9 Å². The molecule has 1 aliphatic carbocycles. The molecule has 0 unspecified atom stereocenters. The van der Waals surface area contributed by atoms with Crippen molar-refractivity contribution < 1.29 is 9.47 Å². The van der Waals surface area contributed by atoms with E-state index in [0.717, 1.165) is 74.6 Å². The molecule has 0 saturated carbocycles. The Morgan fingerprint density at radius 3 is 2.50 bits per heavy atom. The van der Waals surface area contributed by atoms with Gasteiger partial charge in [0.25, 0.3) is 11.1 Å². The van der Waals surface area contributed by atoms with Gasteiger partial charge in [-0.15, -0.1) is 0 Å². The SMILES string of the molecule is COCc1c(-c2cc(N(C)c3ccc(N4CCN(C5COC5)CC4)cn3)c(=O)n(C)c2)ccnc1-n1ccn2c3c(cc2c1=O)CC(C)(C)C3. The van der Waals surface area contributed by atoms with Crippen LogP contribution in [0.25, 0.3) is 22.5 Å². The molecule has 0 amide bonds. The Labute approximate surface area is 291 Å². The molecule has 260 valence electrons. The number of ether oxygens (including phenoxy) is 2. The van der Waals surface area contributed by atoms with Gasteiger partial charge in [0, 0.05) is 89.0 Å². The molecule has 0 aromatic carbocycles. The van der Waals surface area contributed by atoms with Gasteiger partial charge in [-0.2, -0.15) is 0 Å². The number of nitrogens with zero attached hydrogens (tertiary/aromatic N) is 8. The molecule has 0 N–H and O–H groups in total. The molecule has 0 radical (unpaired) electrons. The van der Waals surface area contributed by atoms with Gasteiger partial charge < -0.3 is 28.2 Å². The maximum atomic E-state index is 14.0.